The topological polar surface area (TPSA) is 74.1 Å². The third kappa shape index (κ3) is 5.37. The summed E-state index contributed by atoms with van der Waals surface area (Å²) in [4.78, 5) is 29.7. The first-order valence-corrected chi connectivity index (χ1v) is 13.0. The van der Waals surface area contributed by atoms with Gasteiger partial charge >= 0.3 is 0 Å². The van der Waals surface area contributed by atoms with Gasteiger partial charge in [0, 0.05) is 23.6 Å². The van der Waals surface area contributed by atoms with Crippen molar-refractivity contribution in [3.8, 4) is 0 Å². The third-order valence-corrected chi connectivity index (χ3v) is 7.57. The highest BCUT2D eigenvalue weighted by atomic mass is 35.5. The molecule has 2 aliphatic rings. The van der Waals surface area contributed by atoms with Crippen LogP contribution in [0.5, 0.6) is 0 Å². The Kier molecular flexibility index (Phi) is 6.94. The zero-order valence-corrected chi connectivity index (χ0v) is 21.5. The Balaban J connectivity index is 1.35. The molecule has 36 heavy (non-hydrogen) atoms. The second-order valence-electron chi connectivity index (χ2n) is 8.99. The first kappa shape index (κ1) is 24.3. The molecule has 0 aliphatic carbocycles. The van der Waals surface area contributed by atoms with Gasteiger partial charge in [0.1, 0.15) is 5.25 Å². The summed E-state index contributed by atoms with van der Waals surface area (Å²) in [5.74, 6) is -0.538. The van der Waals surface area contributed by atoms with Gasteiger partial charge in [0.05, 0.1) is 11.8 Å². The maximum Gasteiger partial charge on any atom is 0.262 e. The van der Waals surface area contributed by atoms with E-state index in [9.17, 15) is 9.59 Å². The Labute approximate surface area is 219 Å². The van der Waals surface area contributed by atoms with Crippen molar-refractivity contribution in [2.45, 2.75) is 38.0 Å². The van der Waals surface area contributed by atoms with Crippen LogP contribution in [0.25, 0.3) is 0 Å². The van der Waals surface area contributed by atoms with E-state index in [-0.39, 0.29) is 24.3 Å². The number of carbonyl (C=O) groups is 2. The minimum absolute atomic E-state index is 0.0400. The van der Waals surface area contributed by atoms with E-state index in [1.54, 1.807) is 0 Å². The van der Waals surface area contributed by atoms with Crippen LogP contribution in [-0.2, 0) is 9.59 Å². The summed E-state index contributed by atoms with van der Waals surface area (Å²) in [6.07, 6.45) is 0.704. The number of hydrazone groups is 1. The van der Waals surface area contributed by atoms with E-state index in [1.807, 2.05) is 67.4 Å². The highest BCUT2D eigenvalue weighted by molar-refractivity contribution is 8.15. The largest absolute Gasteiger partial charge is 0.326 e. The highest BCUT2D eigenvalue weighted by Gasteiger charge is 2.39. The second-order valence-corrected chi connectivity index (χ2v) is 10.6. The average molecular weight is 517 g/mol. The van der Waals surface area contributed by atoms with Crippen LogP contribution in [0, 0.1) is 13.8 Å². The molecule has 3 aromatic rings. The fourth-order valence-electron chi connectivity index (χ4n) is 4.17. The van der Waals surface area contributed by atoms with Crippen LogP contribution in [0.2, 0.25) is 5.02 Å². The van der Waals surface area contributed by atoms with E-state index >= 15 is 0 Å². The summed E-state index contributed by atoms with van der Waals surface area (Å²) < 4.78 is 0. The molecule has 3 aromatic carbocycles. The Morgan fingerprint density at radius 1 is 1.00 bits per heavy atom. The summed E-state index contributed by atoms with van der Waals surface area (Å²) >= 11 is 7.41. The van der Waals surface area contributed by atoms with E-state index in [4.69, 9.17) is 16.7 Å². The first-order chi connectivity index (χ1) is 17.4. The van der Waals surface area contributed by atoms with Crippen molar-refractivity contribution in [2.24, 2.45) is 10.1 Å². The summed E-state index contributed by atoms with van der Waals surface area (Å²) in [6.45, 7) is 4.04. The number of carbonyl (C=O) groups excluding carboxylic acids is 2. The minimum atomic E-state index is -0.588. The van der Waals surface area contributed by atoms with Gasteiger partial charge < -0.3 is 5.32 Å². The zero-order chi connectivity index (χ0) is 25.2. The number of thioether (sulfide) groups is 1. The highest BCUT2D eigenvalue weighted by Crippen LogP contribution is 2.39. The monoisotopic (exact) mass is 516 g/mol. The number of hydrogen-bond acceptors (Lipinski definition) is 5. The predicted molar refractivity (Wildman–Crippen MR) is 147 cm³/mol. The molecule has 0 saturated heterocycles. The molecule has 0 spiro atoms. The average Bonchev–Trinajstić information content (AvgIpc) is 3.45. The molecule has 8 heteroatoms. The van der Waals surface area contributed by atoms with Crippen molar-refractivity contribution in [2.75, 3.05) is 5.32 Å². The Morgan fingerprint density at radius 3 is 2.31 bits per heavy atom. The number of rotatable bonds is 5. The molecule has 2 heterocycles. The Hall–Kier alpha value is -3.42. The van der Waals surface area contributed by atoms with Crippen molar-refractivity contribution in [1.82, 2.24) is 5.01 Å². The van der Waals surface area contributed by atoms with Crippen molar-refractivity contribution in [3.05, 3.63) is 100 Å². The molecular formula is C28H25ClN4O2S. The SMILES string of the molecule is Cc1ccc(NC(=O)C[C@H]2SC(N3N=C(c4ccc(C)cc4)C[C@@H]3c3ccc(Cl)cc3)=NC2=O)cc1. The quantitative estimate of drug-likeness (QED) is 0.442. The molecule has 1 N–H and O–H groups in total. The third-order valence-electron chi connectivity index (χ3n) is 6.18. The lowest BCUT2D eigenvalue weighted by molar-refractivity contribution is -0.121. The number of hydrogen-bond donors (Lipinski definition) is 1. The minimum Gasteiger partial charge on any atom is -0.326 e. The number of benzene rings is 3. The van der Waals surface area contributed by atoms with Gasteiger partial charge in [-0.25, -0.2) is 5.01 Å². The van der Waals surface area contributed by atoms with Crippen LogP contribution in [0.3, 0.4) is 0 Å². The molecule has 0 fully saturated rings. The lowest BCUT2D eigenvalue weighted by atomic mass is 9.98. The van der Waals surface area contributed by atoms with Gasteiger partial charge in [-0.15, -0.1) is 0 Å². The normalized spacial score (nSPS) is 19.3. The Morgan fingerprint density at radius 2 is 1.64 bits per heavy atom. The molecule has 2 aliphatic heterocycles. The van der Waals surface area contributed by atoms with E-state index in [0.717, 1.165) is 22.4 Å². The van der Waals surface area contributed by atoms with E-state index in [0.29, 0.717) is 22.3 Å². The van der Waals surface area contributed by atoms with Gasteiger partial charge in [-0.1, -0.05) is 83.0 Å². The lowest BCUT2D eigenvalue weighted by Gasteiger charge is -2.23. The molecule has 0 unspecified atom stereocenters. The van der Waals surface area contributed by atoms with Gasteiger partial charge in [0.25, 0.3) is 5.91 Å². The number of aliphatic imine (C=N–C) groups is 1. The summed E-state index contributed by atoms with van der Waals surface area (Å²) in [7, 11) is 0. The van der Waals surface area contributed by atoms with Gasteiger partial charge in [-0.05, 0) is 49.2 Å². The zero-order valence-electron chi connectivity index (χ0n) is 19.9. The lowest BCUT2D eigenvalue weighted by Crippen LogP contribution is -2.25. The molecule has 6 nitrogen and oxygen atoms in total. The second kappa shape index (κ2) is 10.3. The number of halogens is 1. The van der Waals surface area contributed by atoms with E-state index < -0.39 is 5.25 Å². The summed E-state index contributed by atoms with van der Waals surface area (Å²) in [5, 5.41) is 10.1. The van der Waals surface area contributed by atoms with Gasteiger partial charge in [0.2, 0.25) is 5.91 Å². The van der Waals surface area contributed by atoms with Gasteiger partial charge in [0.15, 0.2) is 5.17 Å². The predicted octanol–water partition coefficient (Wildman–Crippen LogP) is 6.13. The Bertz CT molecular complexity index is 1350. The number of nitrogens with one attached hydrogen (secondary N) is 1. The molecule has 2 atom stereocenters. The molecular weight excluding hydrogens is 492 g/mol. The molecule has 182 valence electrons. The van der Waals surface area contributed by atoms with Crippen LogP contribution in [-0.4, -0.2) is 33.0 Å². The number of nitrogens with zero attached hydrogens (tertiary/aromatic N) is 3. The number of amidine groups is 1. The molecule has 2 amide bonds. The number of aryl methyl sites for hydroxylation is 2. The molecule has 5 rings (SSSR count). The molecule has 0 aromatic heterocycles. The van der Waals surface area contributed by atoms with Gasteiger partial charge in [-0.2, -0.15) is 10.1 Å². The van der Waals surface area contributed by atoms with Crippen molar-refractivity contribution in [3.63, 3.8) is 0 Å². The van der Waals surface area contributed by atoms with Crippen LogP contribution in [0.4, 0.5) is 5.69 Å². The summed E-state index contributed by atoms with van der Waals surface area (Å²) in [5.41, 5.74) is 5.98. The fraction of sp³-hybridized carbons (Fsp3) is 0.214. The fourth-order valence-corrected chi connectivity index (χ4v) is 5.36. The first-order valence-electron chi connectivity index (χ1n) is 11.7. The van der Waals surface area contributed by atoms with Crippen LogP contribution >= 0.6 is 23.4 Å². The molecule has 0 radical (unpaired) electrons. The van der Waals surface area contributed by atoms with Crippen molar-refractivity contribution < 1.29 is 9.59 Å². The van der Waals surface area contributed by atoms with E-state index in [1.165, 1.54) is 17.3 Å². The number of anilines is 1. The molecule has 0 saturated carbocycles. The van der Waals surface area contributed by atoms with Crippen molar-refractivity contribution in [1.29, 1.82) is 0 Å². The van der Waals surface area contributed by atoms with Crippen LogP contribution < -0.4 is 5.32 Å². The van der Waals surface area contributed by atoms with E-state index in [2.05, 4.69) is 34.6 Å². The number of amides is 2. The van der Waals surface area contributed by atoms with Gasteiger partial charge in [-0.3, -0.25) is 9.59 Å². The summed E-state index contributed by atoms with van der Waals surface area (Å²) in [6, 6.07) is 23.3. The standard InChI is InChI=1S/C28H25ClN4O2S/c1-17-3-7-19(8-4-17)23-15-24(20-9-11-21(29)12-10-20)33(32-23)28-31-27(35)25(36-28)16-26(34)30-22-13-5-18(2)6-14-22/h3-14,24-25H,15-16H2,1-2H3,(H,30,34)/t24-,25-/m1/s1. The maximum absolute atomic E-state index is 12.8. The molecule has 0 bridgehead atoms. The maximum atomic E-state index is 12.8. The van der Waals surface area contributed by atoms with Crippen LogP contribution in [0.1, 0.15) is 41.1 Å². The smallest absolute Gasteiger partial charge is 0.262 e. The van der Waals surface area contributed by atoms with Crippen LogP contribution in [0.15, 0.2) is 82.9 Å². The van der Waals surface area contributed by atoms with Crippen molar-refractivity contribution >= 4 is 51.7 Å².